The second-order valence-corrected chi connectivity index (χ2v) is 5.72. The lowest BCUT2D eigenvalue weighted by molar-refractivity contribution is 0.426. The molecule has 23 heavy (non-hydrogen) atoms. The van der Waals surface area contributed by atoms with Crippen molar-refractivity contribution in [2.24, 2.45) is 0 Å². The molecule has 4 aromatic rings. The summed E-state index contributed by atoms with van der Waals surface area (Å²) in [7, 11) is -1.47. The molecule has 110 valence electrons. The van der Waals surface area contributed by atoms with Crippen LogP contribution in [-0.2, 0) is 0 Å². The van der Waals surface area contributed by atoms with E-state index < -0.39 is 7.12 Å². The van der Waals surface area contributed by atoms with Crippen LogP contribution in [0.25, 0.3) is 32.7 Å². The van der Waals surface area contributed by atoms with Gasteiger partial charge in [-0.05, 0) is 56.3 Å². The van der Waals surface area contributed by atoms with Crippen LogP contribution in [0.2, 0.25) is 0 Å². The largest absolute Gasteiger partial charge is 0.489 e. The van der Waals surface area contributed by atoms with Crippen molar-refractivity contribution in [3.63, 3.8) is 0 Å². The number of benzene rings is 4. The van der Waals surface area contributed by atoms with Gasteiger partial charge in [0.1, 0.15) is 0 Å². The third kappa shape index (κ3) is 2.50. The van der Waals surface area contributed by atoms with E-state index in [1.807, 2.05) is 36.4 Å². The van der Waals surface area contributed by atoms with Gasteiger partial charge in [-0.1, -0.05) is 60.7 Å². The number of hydrogen-bond donors (Lipinski definition) is 2. The van der Waals surface area contributed by atoms with Gasteiger partial charge in [-0.2, -0.15) is 0 Å². The van der Waals surface area contributed by atoms with Crippen molar-refractivity contribution in [1.29, 1.82) is 0 Å². The quantitative estimate of drug-likeness (QED) is 0.440. The molecule has 0 aliphatic rings. The average Bonchev–Trinajstić information content (AvgIpc) is 2.59. The van der Waals surface area contributed by atoms with E-state index in [-0.39, 0.29) is 0 Å². The first-order chi connectivity index (χ1) is 11.2. The summed E-state index contributed by atoms with van der Waals surface area (Å²) in [6, 6.07) is 26.2. The lowest BCUT2D eigenvalue weighted by Gasteiger charge is -2.10. The van der Waals surface area contributed by atoms with Crippen molar-refractivity contribution in [3.8, 4) is 11.1 Å². The Labute approximate surface area is 134 Å². The molecule has 2 nitrogen and oxygen atoms in total. The second kappa shape index (κ2) is 5.54. The lowest BCUT2D eigenvalue weighted by atomic mass is 9.75. The molecule has 0 aliphatic heterocycles. The standard InChI is InChI=1S/C20H15BO2/c22-21(23)20-8-4-3-7-19(20)17-10-9-16-11-14-5-1-2-6-15(14)12-18(16)13-17/h1-13,22-23H. The van der Waals surface area contributed by atoms with Crippen molar-refractivity contribution in [2.45, 2.75) is 0 Å². The first kappa shape index (κ1) is 14.0. The van der Waals surface area contributed by atoms with E-state index in [1.165, 1.54) is 16.2 Å². The molecule has 0 aromatic heterocycles. The highest BCUT2D eigenvalue weighted by Crippen LogP contribution is 2.27. The fourth-order valence-corrected chi connectivity index (χ4v) is 3.09. The molecular weight excluding hydrogens is 283 g/mol. The highest BCUT2D eigenvalue weighted by Gasteiger charge is 2.16. The summed E-state index contributed by atoms with van der Waals surface area (Å²) in [5, 5.41) is 23.9. The Bertz CT molecular complexity index is 1010. The zero-order valence-corrected chi connectivity index (χ0v) is 12.5. The summed E-state index contributed by atoms with van der Waals surface area (Å²) in [5.74, 6) is 0. The maximum atomic E-state index is 9.58. The molecule has 2 N–H and O–H groups in total. The van der Waals surface area contributed by atoms with E-state index in [4.69, 9.17) is 0 Å². The minimum atomic E-state index is -1.47. The smallest absolute Gasteiger partial charge is 0.423 e. The Morgan fingerprint density at radius 1 is 0.565 bits per heavy atom. The molecule has 0 spiro atoms. The minimum Gasteiger partial charge on any atom is -0.423 e. The first-order valence-electron chi connectivity index (χ1n) is 7.60. The van der Waals surface area contributed by atoms with Crippen molar-refractivity contribution in [1.82, 2.24) is 0 Å². The number of hydrogen-bond acceptors (Lipinski definition) is 2. The van der Waals surface area contributed by atoms with Crippen molar-refractivity contribution >= 4 is 34.1 Å². The van der Waals surface area contributed by atoms with Crippen LogP contribution in [0.15, 0.2) is 78.9 Å². The summed E-state index contributed by atoms with van der Waals surface area (Å²) >= 11 is 0. The van der Waals surface area contributed by atoms with E-state index in [1.54, 1.807) is 6.07 Å². The fourth-order valence-electron chi connectivity index (χ4n) is 3.09. The molecule has 0 saturated heterocycles. The second-order valence-electron chi connectivity index (χ2n) is 5.72. The number of rotatable bonds is 2. The van der Waals surface area contributed by atoms with Gasteiger partial charge in [0.15, 0.2) is 0 Å². The molecule has 0 saturated carbocycles. The molecule has 0 amide bonds. The van der Waals surface area contributed by atoms with Gasteiger partial charge in [0, 0.05) is 0 Å². The van der Waals surface area contributed by atoms with E-state index in [0.717, 1.165) is 16.5 Å². The van der Waals surface area contributed by atoms with E-state index >= 15 is 0 Å². The summed E-state index contributed by atoms with van der Waals surface area (Å²) < 4.78 is 0. The van der Waals surface area contributed by atoms with Gasteiger partial charge in [-0.25, -0.2) is 0 Å². The molecule has 4 rings (SSSR count). The molecule has 0 unspecified atom stereocenters. The highest BCUT2D eigenvalue weighted by molar-refractivity contribution is 6.60. The Balaban J connectivity index is 1.94. The van der Waals surface area contributed by atoms with Crippen molar-refractivity contribution < 1.29 is 10.0 Å². The van der Waals surface area contributed by atoms with Crippen LogP contribution in [0.4, 0.5) is 0 Å². The van der Waals surface area contributed by atoms with Gasteiger partial charge in [0.2, 0.25) is 0 Å². The zero-order valence-electron chi connectivity index (χ0n) is 12.5. The van der Waals surface area contributed by atoms with Gasteiger partial charge in [-0.3, -0.25) is 0 Å². The van der Waals surface area contributed by atoms with Crippen LogP contribution in [0.1, 0.15) is 0 Å². The van der Waals surface area contributed by atoms with Gasteiger partial charge < -0.3 is 10.0 Å². The molecule has 0 radical (unpaired) electrons. The monoisotopic (exact) mass is 298 g/mol. The Hall–Kier alpha value is -2.62. The fraction of sp³-hybridized carbons (Fsp3) is 0. The first-order valence-corrected chi connectivity index (χ1v) is 7.60. The van der Waals surface area contributed by atoms with E-state index in [2.05, 4.69) is 36.4 Å². The normalized spacial score (nSPS) is 11.0. The topological polar surface area (TPSA) is 40.5 Å². The molecular formula is C20H15BO2. The van der Waals surface area contributed by atoms with Crippen molar-refractivity contribution in [2.75, 3.05) is 0 Å². The van der Waals surface area contributed by atoms with Crippen LogP contribution >= 0.6 is 0 Å². The third-order valence-corrected chi connectivity index (χ3v) is 4.25. The van der Waals surface area contributed by atoms with Crippen LogP contribution in [0.3, 0.4) is 0 Å². The summed E-state index contributed by atoms with van der Waals surface area (Å²) in [4.78, 5) is 0. The zero-order chi connectivity index (χ0) is 15.8. The summed E-state index contributed by atoms with van der Waals surface area (Å²) in [6.45, 7) is 0. The average molecular weight is 298 g/mol. The molecule has 0 bridgehead atoms. The van der Waals surface area contributed by atoms with Gasteiger partial charge >= 0.3 is 7.12 Å². The molecule has 4 aromatic carbocycles. The Morgan fingerprint density at radius 3 is 1.91 bits per heavy atom. The van der Waals surface area contributed by atoms with E-state index in [0.29, 0.717) is 5.46 Å². The van der Waals surface area contributed by atoms with Crippen LogP contribution in [0.5, 0.6) is 0 Å². The van der Waals surface area contributed by atoms with Gasteiger partial charge in [0.25, 0.3) is 0 Å². The van der Waals surface area contributed by atoms with Crippen LogP contribution < -0.4 is 5.46 Å². The highest BCUT2D eigenvalue weighted by atomic mass is 16.4. The van der Waals surface area contributed by atoms with Crippen LogP contribution in [0, 0.1) is 0 Å². The molecule has 0 aliphatic carbocycles. The molecule has 3 heteroatoms. The Morgan fingerprint density at radius 2 is 1.17 bits per heavy atom. The lowest BCUT2D eigenvalue weighted by Crippen LogP contribution is -2.31. The van der Waals surface area contributed by atoms with Gasteiger partial charge in [0.05, 0.1) is 0 Å². The van der Waals surface area contributed by atoms with Gasteiger partial charge in [-0.15, -0.1) is 0 Å². The minimum absolute atomic E-state index is 0.521. The molecule has 0 heterocycles. The van der Waals surface area contributed by atoms with Crippen LogP contribution in [-0.4, -0.2) is 17.2 Å². The van der Waals surface area contributed by atoms with E-state index in [9.17, 15) is 10.0 Å². The number of fused-ring (bicyclic) bond motifs is 2. The molecule has 0 fully saturated rings. The molecule has 0 atom stereocenters. The maximum absolute atomic E-state index is 9.58. The summed E-state index contributed by atoms with van der Waals surface area (Å²) in [6.07, 6.45) is 0. The SMILES string of the molecule is OB(O)c1ccccc1-c1ccc2cc3ccccc3cc2c1. The van der Waals surface area contributed by atoms with Crippen molar-refractivity contribution in [3.05, 3.63) is 78.9 Å². The third-order valence-electron chi connectivity index (χ3n) is 4.25. The maximum Gasteiger partial charge on any atom is 0.489 e. The summed E-state index contributed by atoms with van der Waals surface area (Å²) in [5.41, 5.74) is 2.35. The predicted octanol–water partition coefficient (Wildman–Crippen LogP) is 3.34. The Kier molecular flexibility index (Phi) is 3.38. The predicted molar refractivity (Wildman–Crippen MR) is 96.7 cm³/mol.